The number of para-hydroxylation sites is 1. The molecule has 1 saturated carbocycles. The van der Waals surface area contributed by atoms with Gasteiger partial charge in [0, 0.05) is 19.5 Å². The lowest BCUT2D eigenvalue weighted by atomic mass is 9.88. The lowest BCUT2D eigenvalue weighted by molar-refractivity contribution is -0.123. The van der Waals surface area contributed by atoms with Gasteiger partial charge in [0.25, 0.3) is 5.91 Å². The van der Waals surface area contributed by atoms with E-state index in [2.05, 4.69) is 5.32 Å². The number of amides is 2. The number of rotatable bonds is 5. The van der Waals surface area contributed by atoms with Crippen LogP contribution in [0, 0.1) is 5.92 Å². The fourth-order valence-corrected chi connectivity index (χ4v) is 3.57. The van der Waals surface area contributed by atoms with E-state index in [0.717, 1.165) is 31.2 Å². The van der Waals surface area contributed by atoms with E-state index >= 15 is 0 Å². The zero-order valence-corrected chi connectivity index (χ0v) is 15.3. The van der Waals surface area contributed by atoms with Crippen molar-refractivity contribution >= 4 is 17.5 Å². The smallest absolute Gasteiger partial charge is 0.253 e. The predicted molar refractivity (Wildman–Crippen MR) is 104 cm³/mol. The van der Waals surface area contributed by atoms with Crippen molar-refractivity contribution in [2.45, 2.75) is 38.6 Å². The number of nitrogens with one attached hydrogen (secondary N) is 1. The summed E-state index contributed by atoms with van der Waals surface area (Å²) in [5.41, 5.74) is 2.26. The molecular formula is C22H26N2O2. The molecule has 1 aliphatic carbocycles. The van der Waals surface area contributed by atoms with Gasteiger partial charge >= 0.3 is 0 Å². The van der Waals surface area contributed by atoms with E-state index in [9.17, 15) is 9.59 Å². The maximum Gasteiger partial charge on any atom is 0.253 e. The Morgan fingerprint density at radius 2 is 1.62 bits per heavy atom. The second-order valence-corrected chi connectivity index (χ2v) is 6.92. The number of carbonyl (C=O) groups is 2. The highest BCUT2D eigenvalue weighted by molar-refractivity contribution is 6.05. The van der Waals surface area contributed by atoms with Crippen LogP contribution in [0.1, 0.15) is 48.0 Å². The number of anilines is 1. The summed E-state index contributed by atoms with van der Waals surface area (Å²) in [6.07, 6.45) is 5.34. The summed E-state index contributed by atoms with van der Waals surface area (Å²) in [6.45, 7) is 0.467. The molecule has 3 rings (SSSR count). The van der Waals surface area contributed by atoms with Gasteiger partial charge in [-0.1, -0.05) is 61.7 Å². The summed E-state index contributed by atoms with van der Waals surface area (Å²) >= 11 is 0. The second-order valence-electron chi connectivity index (χ2n) is 6.92. The van der Waals surface area contributed by atoms with Gasteiger partial charge in [-0.25, -0.2) is 0 Å². The summed E-state index contributed by atoms with van der Waals surface area (Å²) in [7, 11) is 1.78. The van der Waals surface area contributed by atoms with Crippen molar-refractivity contribution in [3.8, 4) is 0 Å². The van der Waals surface area contributed by atoms with Gasteiger partial charge in [0.15, 0.2) is 0 Å². The molecule has 1 aliphatic rings. The molecule has 136 valence electrons. The van der Waals surface area contributed by atoms with Crippen molar-refractivity contribution < 1.29 is 9.59 Å². The number of benzene rings is 2. The molecule has 0 saturated heterocycles. The molecule has 2 amide bonds. The Hall–Kier alpha value is -2.62. The maximum absolute atomic E-state index is 12.8. The van der Waals surface area contributed by atoms with Crippen LogP contribution in [0.3, 0.4) is 0 Å². The van der Waals surface area contributed by atoms with Crippen LogP contribution in [0.5, 0.6) is 0 Å². The molecule has 0 atom stereocenters. The van der Waals surface area contributed by atoms with Crippen molar-refractivity contribution in [3.05, 3.63) is 65.7 Å². The van der Waals surface area contributed by atoms with Crippen molar-refractivity contribution in [1.82, 2.24) is 5.32 Å². The standard InChI is InChI=1S/C22H26N2O2/c1-24(22(26)18-12-6-3-7-13-18)20-15-9-8-14-19(20)21(25)23-16-17-10-4-2-5-11-17/h2,4-5,8-11,14-15,18H,3,6-7,12-13,16H2,1H3,(H,23,25). The molecule has 0 aliphatic heterocycles. The van der Waals surface area contributed by atoms with Crippen molar-refractivity contribution in [3.63, 3.8) is 0 Å². The Balaban J connectivity index is 1.72. The molecule has 0 bridgehead atoms. The Labute approximate surface area is 155 Å². The first-order valence-corrected chi connectivity index (χ1v) is 9.35. The number of hydrogen-bond acceptors (Lipinski definition) is 2. The number of nitrogens with zero attached hydrogens (tertiary/aromatic N) is 1. The van der Waals surface area contributed by atoms with E-state index in [1.165, 1.54) is 6.42 Å². The van der Waals surface area contributed by atoms with E-state index in [0.29, 0.717) is 17.8 Å². The highest BCUT2D eigenvalue weighted by atomic mass is 16.2. The Bertz CT molecular complexity index is 752. The fourth-order valence-electron chi connectivity index (χ4n) is 3.57. The van der Waals surface area contributed by atoms with Crippen molar-refractivity contribution in [1.29, 1.82) is 0 Å². The lowest BCUT2D eigenvalue weighted by Gasteiger charge is -2.27. The van der Waals surface area contributed by atoms with E-state index in [1.807, 2.05) is 48.5 Å². The zero-order valence-electron chi connectivity index (χ0n) is 15.3. The van der Waals surface area contributed by atoms with Gasteiger partial charge in [-0.15, -0.1) is 0 Å². The third-order valence-corrected chi connectivity index (χ3v) is 5.09. The van der Waals surface area contributed by atoms with E-state index in [4.69, 9.17) is 0 Å². The maximum atomic E-state index is 12.8. The molecule has 26 heavy (non-hydrogen) atoms. The normalized spacial score (nSPS) is 14.7. The minimum absolute atomic E-state index is 0.0780. The molecule has 0 radical (unpaired) electrons. The summed E-state index contributed by atoms with van der Waals surface area (Å²) in [5, 5.41) is 2.95. The van der Waals surface area contributed by atoms with Crippen molar-refractivity contribution in [2.75, 3.05) is 11.9 Å². The van der Waals surface area contributed by atoms with E-state index < -0.39 is 0 Å². The largest absolute Gasteiger partial charge is 0.348 e. The van der Waals surface area contributed by atoms with Crippen LogP contribution in [0.2, 0.25) is 0 Å². The fraction of sp³-hybridized carbons (Fsp3) is 0.364. The number of carbonyl (C=O) groups excluding carboxylic acids is 2. The van der Waals surface area contributed by atoms with Crippen LogP contribution in [0.4, 0.5) is 5.69 Å². The molecule has 4 heteroatoms. The van der Waals surface area contributed by atoms with Crippen LogP contribution >= 0.6 is 0 Å². The van der Waals surface area contributed by atoms with Gasteiger partial charge in [0.2, 0.25) is 5.91 Å². The van der Waals surface area contributed by atoms with Crippen LogP contribution in [0.15, 0.2) is 54.6 Å². The molecule has 1 N–H and O–H groups in total. The molecule has 2 aromatic carbocycles. The summed E-state index contributed by atoms with van der Waals surface area (Å²) < 4.78 is 0. The molecule has 0 unspecified atom stereocenters. The van der Waals surface area contributed by atoms with E-state index in [-0.39, 0.29) is 17.7 Å². The summed E-state index contributed by atoms with van der Waals surface area (Å²) in [4.78, 5) is 27.2. The third kappa shape index (κ3) is 4.31. The topological polar surface area (TPSA) is 49.4 Å². The third-order valence-electron chi connectivity index (χ3n) is 5.09. The first kappa shape index (κ1) is 18.2. The van der Waals surface area contributed by atoms with Crippen LogP contribution in [0.25, 0.3) is 0 Å². The minimum atomic E-state index is -0.159. The lowest BCUT2D eigenvalue weighted by Crippen LogP contribution is -2.35. The highest BCUT2D eigenvalue weighted by Gasteiger charge is 2.26. The monoisotopic (exact) mass is 350 g/mol. The first-order chi connectivity index (χ1) is 12.7. The zero-order chi connectivity index (χ0) is 18.4. The Kier molecular flexibility index (Phi) is 6.05. The van der Waals surface area contributed by atoms with Crippen LogP contribution < -0.4 is 10.2 Å². The molecule has 4 nitrogen and oxygen atoms in total. The van der Waals surface area contributed by atoms with Crippen LogP contribution in [-0.4, -0.2) is 18.9 Å². The molecule has 0 heterocycles. The molecular weight excluding hydrogens is 324 g/mol. The summed E-state index contributed by atoms with van der Waals surface area (Å²) in [6, 6.07) is 17.1. The Morgan fingerprint density at radius 1 is 0.962 bits per heavy atom. The van der Waals surface area contributed by atoms with Gasteiger partial charge in [0.1, 0.15) is 0 Å². The average molecular weight is 350 g/mol. The van der Waals surface area contributed by atoms with Gasteiger partial charge in [-0.2, -0.15) is 0 Å². The van der Waals surface area contributed by atoms with Gasteiger partial charge < -0.3 is 10.2 Å². The van der Waals surface area contributed by atoms with E-state index in [1.54, 1.807) is 18.0 Å². The number of hydrogen-bond donors (Lipinski definition) is 1. The minimum Gasteiger partial charge on any atom is -0.348 e. The average Bonchev–Trinajstić information content (AvgIpc) is 2.72. The van der Waals surface area contributed by atoms with Crippen LogP contribution in [-0.2, 0) is 11.3 Å². The molecule has 0 spiro atoms. The predicted octanol–water partition coefficient (Wildman–Crippen LogP) is 4.16. The highest BCUT2D eigenvalue weighted by Crippen LogP contribution is 2.28. The molecule has 2 aromatic rings. The van der Waals surface area contributed by atoms with Gasteiger partial charge in [0.05, 0.1) is 11.3 Å². The SMILES string of the molecule is CN(C(=O)C1CCCCC1)c1ccccc1C(=O)NCc1ccccc1. The summed E-state index contributed by atoms with van der Waals surface area (Å²) in [5.74, 6) is 0.0370. The molecule has 1 fully saturated rings. The quantitative estimate of drug-likeness (QED) is 0.880. The second kappa shape index (κ2) is 8.65. The van der Waals surface area contributed by atoms with Crippen molar-refractivity contribution in [2.24, 2.45) is 5.92 Å². The Morgan fingerprint density at radius 3 is 2.35 bits per heavy atom. The van der Waals surface area contributed by atoms with Gasteiger partial charge in [-0.3, -0.25) is 9.59 Å². The van der Waals surface area contributed by atoms with Gasteiger partial charge in [-0.05, 0) is 30.5 Å². The molecule has 0 aromatic heterocycles. The first-order valence-electron chi connectivity index (χ1n) is 9.35.